The van der Waals surface area contributed by atoms with E-state index in [1.807, 2.05) is 24.3 Å². The zero-order valence-electron chi connectivity index (χ0n) is 20.2. The third-order valence-corrected chi connectivity index (χ3v) is 6.64. The van der Waals surface area contributed by atoms with Gasteiger partial charge in [-0.3, -0.25) is 9.36 Å². The Morgan fingerprint density at radius 1 is 1.06 bits per heavy atom. The lowest BCUT2D eigenvalue weighted by atomic mass is 9.94. The fourth-order valence-corrected chi connectivity index (χ4v) is 5.04. The SMILES string of the molecule is CCOC(=O)C1=C(C)N=c2s/c(=C\c3ccc(OC)cc3)c(=O)n2[C@H]1c1cc(OC)ccc1OC. The molecule has 1 atom stereocenters. The highest BCUT2D eigenvalue weighted by atomic mass is 32.1. The lowest BCUT2D eigenvalue weighted by molar-refractivity contribution is -0.139. The third kappa shape index (κ3) is 4.59. The van der Waals surface area contributed by atoms with Gasteiger partial charge >= 0.3 is 5.97 Å². The van der Waals surface area contributed by atoms with Crippen LogP contribution in [0.1, 0.15) is 31.0 Å². The molecule has 2 heterocycles. The molecule has 0 saturated heterocycles. The summed E-state index contributed by atoms with van der Waals surface area (Å²) in [4.78, 5) is 31.9. The maximum Gasteiger partial charge on any atom is 0.338 e. The number of aromatic nitrogens is 1. The first kappa shape index (κ1) is 24.3. The molecular formula is C26H26N2O6S. The summed E-state index contributed by atoms with van der Waals surface area (Å²) in [5, 5.41) is 0. The zero-order chi connectivity index (χ0) is 25.1. The average molecular weight is 495 g/mol. The topological polar surface area (TPSA) is 88.4 Å². The molecule has 0 unspecified atom stereocenters. The summed E-state index contributed by atoms with van der Waals surface area (Å²) in [5.74, 6) is 1.27. The van der Waals surface area contributed by atoms with E-state index in [-0.39, 0.29) is 17.7 Å². The van der Waals surface area contributed by atoms with Gasteiger partial charge in [0.1, 0.15) is 23.3 Å². The number of esters is 1. The molecule has 0 bridgehead atoms. The van der Waals surface area contributed by atoms with E-state index in [9.17, 15) is 9.59 Å². The number of carbonyl (C=O) groups is 1. The molecule has 1 aliphatic rings. The molecular weight excluding hydrogens is 468 g/mol. The molecule has 0 spiro atoms. The molecule has 2 aromatic carbocycles. The second kappa shape index (κ2) is 10.2. The van der Waals surface area contributed by atoms with Gasteiger partial charge in [-0.05, 0) is 55.8 Å². The monoisotopic (exact) mass is 494 g/mol. The summed E-state index contributed by atoms with van der Waals surface area (Å²) >= 11 is 1.26. The highest BCUT2D eigenvalue weighted by molar-refractivity contribution is 7.07. The molecule has 0 fully saturated rings. The lowest BCUT2D eigenvalue weighted by Crippen LogP contribution is -2.40. The van der Waals surface area contributed by atoms with E-state index in [2.05, 4.69) is 4.99 Å². The molecule has 9 heteroatoms. The van der Waals surface area contributed by atoms with Gasteiger partial charge in [-0.1, -0.05) is 23.5 Å². The number of benzene rings is 2. The number of allylic oxidation sites excluding steroid dienone is 1. The van der Waals surface area contributed by atoms with Crippen molar-refractivity contribution < 1.29 is 23.7 Å². The fraction of sp³-hybridized carbons (Fsp3) is 0.269. The number of hydrogen-bond donors (Lipinski definition) is 0. The molecule has 8 nitrogen and oxygen atoms in total. The van der Waals surface area contributed by atoms with Crippen LogP contribution in [-0.4, -0.2) is 38.5 Å². The van der Waals surface area contributed by atoms with E-state index in [4.69, 9.17) is 18.9 Å². The van der Waals surface area contributed by atoms with Crippen LogP contribution in [0.4, 0.5) is 0 Å². The predicted octanol–water partition coefficient (Wildman–Crippen LogP) is 2.82. The molecule has 3 aromatic rings. The van der Waals surface area contributed by atoms with Crippen LogP contribution in [0.3, 0.4) is 0 Å². The lowest BCUT2D eigenvalue weighted by Gasteiger charge is -2.26. The number of carbonyl (C=O) groups excluding carboxylic acids is 1. The van der Waals surface area contributed by atoms with Crippen molar-refractivity contribution in [3.8, 4) is 17.2 Å². The predicted molar refractivity (Wildman–Crippen MR) is 133 cm³/mol. The first-order valence-electron chi connectivity index (χ1n) is 11.0. The van der Waals surface area contributed by atoms with Gasteiger partial charge in [-0.25, -0.2) is 9.79 Å². The summed E-state index contributed by atoms with van der Waals surface area (Å²) in [7, 11) is 4.70. The van der Waals surface area contributed by atoms with E-state index in [0.29, 0.717) is 32.1 Å². The third-order valence-electron chi connectivity index (χ3n) is 5.66. The van der Waals surface area contributed by atoms with Crippen molar-refractivity contribution in [2.24, 2.45) is 4.99 Å². The van der Waals surface area contributed by atoms with E-state index in [1.165, 1.54) is 15.9 Å². The molecule has 1 aromatic heterocycles. The Balaban J connectivity index is 1.98. The van der Waals surface area contributed by atoms with Crippen molar-refractivity contribution in [3.05, 3.63) is 84.5 Å². The average Bonchev–Trinajstić information content (AvgIpc) is 3.17. The van der Waals surface area contributed by atoms with Gasteiger partial charge in [0.25, 0.3) is 5.56 Å². The van der Waals surface area contributed by atoms with E-state index in [0.717, 1.165) is 11.3 Å². The molecule has 0 radical (unpaired) electrons. The number of rotatable bonds is 7. The van der Waals surface area contributed by atoms with Gasteiger partial charge in [0, 0.05) is 5.56 Å². The molecule has 1 aliphatic heterocycles. The number of hydrogen-bond acceptors (Lipinski definition) is 8. The molecule has 182 valence electrons. The smallest absolute Gasteiger partial charge is 0.338 e. The van der Waals surface area contributed by atoms with Crippen LogP contribution in [0.25, 0.3) is 6.08 Å². The van der Waals surface area contributed by atoms with Crippen molar-refractivity contribution in [1.82, 2.24) is 4.57 Å². The number of fused-ring (bicyclic) bond motifs is 1. The Morgan fingerprint density at radius 3 is 2.37 bits per heavy atom. The second-order valence-corrected chi connectivity index (χ2v) is 8.69. The van der Waals surface area contributed by atoms with E-state index >= 15 is 0 Å². The Bertz CT molecular complexity index is 1470. The molecule has 4 rings (SSSR count). The second-order valence-electron chi connectivity index (χ2n) is 7.68. The Labute approximate surface area is 206 Å². The summed E-state index contributed by atoms with van der Waals surface area (Å²) in [6, 6.07) is 11.9. The molecule has 0 aliphatic carbocycles. The highest BCUT2D eigenvalue weighted by Crippen LogP contribution is 2.37. The Morgan fingerprint density at radius 2 is 1.74 bits per heavy atom. The summed E-state index contributed by atoms with van der Waals surface area (Å²) < 4.78 is 23.6. The van der Waals surface area contributed by atoms with Crippen molar-refractivity contribution in [2.45, 2.75) is 19.9 Å². The van der Waals surface area contributed by atoms with Crippen LogP contribution in [0, 0.1) is 0 Å². The van der Waals surface area contributed by atoms with Gasteiger partial charge in [0.15, 0.2) is 4.80 Å². The normalized spacial score (nSPS) is 15.3. The minimum absolute atomic E-state index is 0.194. The minimum atomic E-state index is -0.798. The molecule has 0 amide bonds. The fourth-order valence-electron chi connectivity index (χ4n) is 3.99. The van der Waals surface area contributed by atoms with Crippen molar-refractivity contribution in [3.63, 3.8) is 0 Å². The largest absolute Gasteiger partial charge is 0.497 e. The van der Waals surface area contributed by atoms with Crippen LogP contribution >= 0.6 is 11.3 Å². The van der Waals surface area contributed by atoms with Crippen LogP contribution in [-0.2, 0) is 9.53 Å². The molecule has 0 N–H and O–H groups in total. The van der Waals surface area contributed by atoms with Gasteiger partial charge < -0.3 is 18.9 Å². The summed E-state index contributed by atoms with van der Waals surface area (Å²) in [6.45, 7) is 3.67. The van der Waals surface area contributed by atoms with Crippen LogP contribution in [0.2, 0.25) is 0 Å². The quantitative estimate of drug-likeness (QED) is 0.470. The van der Waals surface area contributed by atoms with Crippen LogP contribution < -0.4 is 29.1 Å². The number of methoxy groups -OCH3 is 3. The van der Waals surface area contributed by atoms with Crippen LogP contribution in [0.5, 0.6) is 17.2 Å². The summed E-state index contributed by atoms with van der Waals surface area (Å²) in [5.41, 5.74) is 1.93. The standard InChI is InChI=1S/C26H26N2O6S/c1-6-34-25(30)22-15(2)27-26-28(23(22)19-14-18(32-4)11-12-20(19)33-5)24(29)21(35-26)13-16-7-9-17(31-3)10-8-16/h7-14,23H,6H2,1-5H3/b21-13-/t23-/m0/s1. The van der Waals surface area contributed by atoms with Crippen molar-refractivity contribution in [2.75, 3.05) is 27.9 Å². The Kier molecular flexibility index (Phi) is 7.07. The number of thiazole rings is 1. The highest BCUT2D eigenvalue weighted by Gasteiger charge is 2.35. The van der Waals surface area contributed by atoms with Gasteiger partial charge in [0.2, 0.25) is 0 Å². The van der Waals surface area contributed by atoms with Crippen molar-refractivity contribution >= 4 is 23.4 Å². The Hall–Kier alpha value is -3.85. The number of nitrogens with zero attached hydrogens (tertiary/aromatic N) is 2. The molecule has 0 saturated carbocycles. The zero-order valence-corrected chi connectivity index (χ0v) is 21.0. The number of ether oxygens (including phenoxy) is 4. The summed E-state index contributed by atoms with van der Waals surface area (Å²) in [6.07, 6.45) is 1.80. The van der Waals surface area contributed by atoms with E-state index in [1.54, 1.807) is 59.5 Å². The first-order valence-corrected chi connectivity index (χ1v) is 11.8. The minimum Gasteiger partial charge on any atom is -0.497 e. The maximum absolute atomic E-state index is 13.7. The van der Waals surface area contributed by atoms with Crippen molar-refractivity contribution in [1.29, 1.82) is 0 Å². The van der Waals surface area contributed by atoms with Gasteiger partial charge in [0.05, 0.1) is 43.7 Å². The molecule has 35 heavy (non-hydrogen) atoms. The van der Waals surface area contributed by atoms with E-state index < -0.39 is 12.0 Å². The first-order chi connectivity index (χ1) is 16.9. The maximum atomic E-state index is 13.7. The van der Waals surface area contributed by atoms with Gasteiger partial charge in [-0.15, -0.1) is 0 Å². The van der Waals surface area contributed by atoms with Gasteiger partial charge in [-0.2, -0.15) is 0 Å². The van der Waals surface area contributed by atoms with Crippen LogP contribution in [0.15, 0.2) is 63.5 Å².